The number of nitrogens with one attached hydrogen (secondary N) is 1. The summed E-state index contributed by atoms with van der Waals surface area (Å²) in [5.41, 5.74) is 1.86. The molecule has 2 aromatic heterocycles. The van der Waals surface area contributed by atoms with E-state index in [4.69, 9.17) is 0 Å². The van der Waals surface area contributed by atoms with Crippen LogP contribution in [0.25, 0.3) is 11.3 Å². The number of nitrogens with zero attached hydrogens (tertiary/aromatic N) is 2. The van der Waals surface area contributed by atoms with Gasteiger partial charge in [-0.1, -0.05) is 6.07 Å². The number of hydrogen-bond donors (Lipinski definition) is 1. The lowest BCUT2D eigenvalue weighted by atomic mass is 10.2. The minimum Gasteiger partial charge on any atom is -0.301 e. The van der Waals surface area contributed by atoms with Crippen LogP contribution in [0.1, 0.15) is 5.69 Å². The van der Waals surface area contributed by atoms with Gasteiger partial charge in [0.15, 0.2) is 16.8 Å². The van der Waals surface area contributed by atoms with Crippen molar-refractivity contribution in [2.45, 2.75) is 5.75 Å². The summed E-state index contributed by atoms with van der Waals surface area (Å²) in [5, 5.41) is 4.81. The van der Waals surface area contributed by atoms with Gasteiger partial charge in [0.2, 0.25) is 5.91 Å². The molecule has 0 aliphatic carbocycles. The summed E-state index contributed by atoms with van der Waals surface area (Å²) >= 11 is 2.68. The molecular weight excluding hydrogens is 364 g/mol. The zero-order valence-electron chi connectivity index (χ0n) is 12.9. The Kier molecular flexibility index (Phi) is 5.72. The normalized spacial score (nSPS) is 10.6. The molecule has 0 saturated heterocycles. The number of thioether (sulfide) groups is 1. The summed E-state index contributed by atoms with van der Waals surface area (Å²) < 4.78 is 26.3. The second-order valence-corrected chi connectivity index (χ2v) is 6.87. The second kappa shape index (κ2) is 8.17. The monoisotopic (exact) mass is 377 g/mol. The van der Waals surface area contributed by atoms with Crippen molar-refractivity contribution < 1.29 is 13.6 Å². The van der Waals surface area contributed by atoms with Gasteiger partial charge in [0.1, 0.15) is 0 Å². The smallest absolute Gasteiger partial charge is 0.236 e. The highest BCUT2D eigenvalue weighted by Crippen LogP contribution is 2.26. The van der Waals surface area contributed by atoms with Crippen molar-refractivity contribution >= 4 is 34.1 Å². The zero-order valence-corrected chi connectivity index (χ0v) is 14.5. The standard InChI is InChI=1S/C17H13F2N3OS2/c18-13-5-4-11(7-14(13)19)15-9-25-17(21-15)22-16(23)10-24-8-12-3-1-2-6-20-12/h1-7,9H,8,10H2,(H,21,22,23). The molecule has 0 bridgehead atoms. The number of amides is 1. The summed E-state index contributed by atoms with van der Waals surface area (Å²) in [5.74, 6) is -1.09. The van der Waals surface area contributed by atoms with Gasteiger partial charge in [0.05, 0.1) is 17.1 Å². The Bertz CT molecular complexity index is 871. The molecule has 8 heteroatoms. The van der Waals surface area contributed by atoms with E-state index in [1.165, 1.54) is 29.2 Å². The summed E-state index contributed by atoms with van der Waals surface area (Å²) in [6.07, 6.45) is 1.71. The summed E-state index contributed by atoms with van der Waals surface area (Å²) in [6, 6.07) is 9.23. The number of anilines is 1. The molecule has 4 nitrogen and oxygen atoms in total. The van der Waals surface area contributed by atoms with Crippen LogP contribution in [0.4, 0.5) is 13.9 Å². The van der Waals surface area contributed by atoms with Crippen molar-refractivity contribution in [3.8, 4) is 11.3 Å². The molecule has 0 aliphatic heterocycles. The van der Waals surface area contributed by atoms with Crippen molar-refractivity contribution in [2.24, 2.45) is 0 Å². The molecule has 3 rings (SSSR count). The fourth-order valence-electron chi connectivity index (χ4n) is 2.01. The van der Waals surface area contributed by atoms with Gasteiger partial charge >= 0.3 is 0 Å². The van der Waals surface area contributed by atoms with Gasteiger partial charge in [-0.25, -0.2) is 13.8 Å². The molecule has 1 N–H and O–H groups in total. The van der Waals surface area contributed by atoms with Crippen molar-refractivity contribution in [2.75, 3.05) is 11.1 Å². The van der Waals surface area contributed by atoms with Gasteiger partial charge in [-0.3, -0.25) is 9.78 Å². The predicted molar refractivity (Wildman–Crippen MR) is 96.5 cm³/mol. The molecule has 128 valence electrons. The van der Waals surface area contributed by atoms with Crippen LogP contribution >= 0.6 is 23.1 Å². The predicted octanol–water partition coefficient (Wildman–Crippen LogP) is 4.36. The SMILES string of the molecule is O=C(CSCc1ccccn1)Nc1nc(-c2ccc(F)c(F)c2)cs1. The van der Waals surface area contributed by atoms with Crippen LogP contribution in [0.5, 0.6) is 0 Å². The Morgan fingerprint density at radius 3 is 2.84 bits per heavy atom. The molecule has 0 atom stereocenters. The first-order valence-electron chi connectivity index (χ1n) is 7.30. The Labute approximate surface area is 151 Å². The first-order chi connectivity index (χ1) is 12.1. The van der Waals surface area contributed by atoms with Crippen LogP contribution in [-0.2, 0) is 10.5 Å². The minimum absolute atomic E-state index is 0.174. The molecule has 25 heavy (non-hydrogen) atoms. The van der Waals surface area contributed by atoms with Gasteiger partial charge < -0.3 is 5.32 Å². The van der Waals surface area contributed by atoms with Gasteiger partial charge in [0.25, 0.3) is 0 Å². The number of hydrogen-bond acceptors (Lipinski definition) is 5. The molecular formula is C17H13F2N3OS2. The Hall–Kier alpha value is -2.32. The number of rotatable bonds is 6. The second-order valence-electron chi connectivity index (χ2n) is 5.03. The van der Waals surface area contributed by atoms with Gasteiger partial charge in [0, 0.05) is 22.9 Å². The van der Waals surface area contributed by atoms with E-state index in [1.807, 2.05) is 18.2 Å². The summed E-state index contributed by atoms with van der Waals surface area (Å²) in [6.45, 7) is 0. The van der Waals surface area contributed by atoms with E-state index in [2.05, 4.69) is 15.3 Å². The summed E-state index contributed by atoms with van der Waals surface area (Å²) in [4.78, 5) is 20.4. The Balaban J connectivity index is 1.54. The molecule has 0 saturated carbocycles. The average Bonchev–Trinajstić information content (AvgIpc) is 3.06. The highest BCUT2D eigenvalue weighted by molar-refractivity contribution is 7.99. The van der Waals surface area contributed by atoms with E-state index in [9.17, 15) is 13.6 Å². The minimum atomic E-state index is -0.929. The average molecular weight is 377 g/mol. The first-order valence-corrected chi connectivity index (χ1v) is 9.34. The molecule has 3 aromatic rings. The lowest BCUT2D eigenvalue weighted by Crippen LogP contribution is -2.14. The maximum absolute atomic E-state index is 13.3. The van der Waals surface area contributed by atoms with Crippen LogP contribution in [0.2, 0.25) is 0 Å². The van der Waals surface area contributed by atoms with Crippen molar-refractivity contribution in [1.29, 1.82) is 0 Å². The van der Waals surface area contributed by atoms with Crippen molar-refractivity contribution in [3.63, 3.8) is 0 Å². The van der Waals surface area contributed by atoms with E-state index in [-0.39, 0.29) is 11.7 Å². The largest absolute Gasteiger partial charge is 0.301 e. The van der Waals surface area contributed by atoms with E-state index < -0.39 is 11.6 Å². The van der Waals surface area contributed by atoms with Crippen molar-refractivity contribution in [1.82, 2.24) is 9.97 Å². The number of aromatic nitrogens is 2. The number of benzene rings is 1. The van der Waals surface area contributed by atoms with Crippen LogP contribution in [0.3, 0.4) is 0 Å². The third kappa shape index (κ3) is 4.83. The lowest BCUT2D eigenvalue weighted by Gasteiger charge is -2.02. The van der Waals surface area contributed by atoms with Crippen LogP contribution < -0.4 is 5.32 Å². The fourth-order valence-corrected chi connectivity index (χ4v) is 3.48. The first kappa shape index (κ1) is 17.5. The highest BCUT2D eigenvalue weighted by Gasteiger charge is 2.10. The highest BCUT2D eigenvalue weighted by atomic mass is 32.2. The lowest BCUT2D eigenvalue weighted by molar-refractivity contribution is -0.113. The third-order valence-electron chi connectivity index (χ3n) is 3.18. The molecule has 0 aliphatic rings. The third-order valence-corrected chi connectivity index (χ3v) is 4.90. The molecule has 0 unspecified atom stereocenters. The number of pyridine rings is 1. The molecule has 1 amide bonds. The molecule has 0 spiro atoms. The Morgan fingerprint density at radius 1 is 1.20 bits per heavy atom. The fraction of sp³-hybridized carbons (Fsp3) is 0.118. The molecule has 0 radical (unpaired) electrons. The van der Waals surface area contributed by atoms with Crippen LogP contribution in [0.15, 0.2) is 48.0 Å². The maximum atomic E-state index is 13.3. The van der Waals surface area contributed by atoms with Gasteiger partial charge in [-0.05, 0) is 30.3 Å². The number of halogens is 2. The Morgan fingerprint density at radius 2 is 2.08 bits per heavy atom. The summed E-state index contributed by atoms with van der Waals surface area (Å²) in [7, 11) is 0. The molecule has 1 aromatic carbocycles. The van der Waals surface area contributed by atoms with Gasteiger partial charge in [-0.15, -0.1) is 23.1 Å². The number of carbonyl (C=O) groups excluding carboxylic acids is 1. The van der Waals surface area contributed by atoms with E-state index in [1.54, 1.807) is 11.6 Å². The van der Waals surface area contributed by atoms with Crippen LogP contribution in [0, 0.1) is 11.6 Å². The quantitative estimate of drug-likeness (QED) is 0.694. The number of thiazole rings is 1. The maximum Gasteiger partial charge on any atom is 0.236 e. The van der Waals surface area contributed by atoms with E-state index in [0.717, 1.165) is 17.8 Å². The van der Waals surface area contributed by atoms with Crippen molar-refractivity contribution in [3.05, 3.63) is 65.3 Å². The van der Waals surface area contributed by atoms with Gasteiger partial charge in [-0.2, -0.15) is 0 Å². The molecule has 0 fully saturated rings. The van der Waals surface area contributed by atoms with Crippen LogP contribution in [-0.4, -0.2) is 21.6 Å². The number of carbonyl (C=O) groups is 1. The molecule has 2 heterocycles. The topological polar surface area (TPSA) is 54.9 Å². The van der Waals surface area contributed by atoms with E-state index >= 15 is 0 Å². The zero-order chi connectivity index (χ0) is 17.6. The van der Waals surface area contributed by atoms with E-state index in [0.29, 0.717) is 22.1 Å².